The van der Waals surface area contributed by atoms with Crippen molar-refractivity contribution in [2.75, 3.05) is 82.2 Å². The average molecular weight is 656 g/mol. The van der Waals surface area contributed by atoms with Gasteiger partial charge in [-0.15, -0.1) is 0 Å². The van der Waals surface area contributed by atoms with Crippen molar-refractivity contribution < 1.29 is 14.3 Å². The summed E-state index contributed by atoms with van der Waals surface area (Å²) in [6.07, 6.45) is 7.99. The number of hydrogen-bond donors (Lipinski definition) is 3. The molecule has 12 nitrogen and oxygen atoms in total. The zero-order chi connectivity index (χ0) is 33.3. The smallest absolute Gasteiger partial charge is 0.271 e. The van der Waals surface area contributed by atoms with E-state index in [1.807, 2.05) is 6.07 Å². The predicted octanol–water partition coefficient (Wildman–Crippen LogP) is 4.15. The van der Waals surface area contributed by atoms with Gasteiger partial charge < -0.3 is 35.6 Å². The number of benzene rings is 1. The van der Waals surface area contributed by atoms with Crippen molar-refractivity contribution in [3.8, 4) is 17.1 Å². The number of piperidine rings is 1. The second-order valence-electron chi connectivity index (χ2n) is 13.8. The Hall–Kier alpha value is -4.00. The fourth-order valence-corrected chi connectivity index (χ4v) is 7.67. The van der Waals surface area contributed by atoms with Crippen molar-refractivity contribution in [3.63, 3.8) is 0 Å². The largest absolute Gasteiger partial charge is 0.494 e. The lowest BCUT2D eigenvalue weighted by Gasteiger charge is -2.43. The van der Waals surface area contributed by atoms with E-state index in [0.29, 0.717) is 41.4 Å². The van der Waals surface area contributed by atoms with Crippen LogP contribution < -0.4 is 26.0 Å². The van der Waals surface area contributed by atoms with E-state index in [4.69, 9.17) is 25.2 Å². The van der Waals surface area contributed by atoms with Gasteiger partial charge in [0, 0.05) is 80.9 Å². The van der Waals surface area contributed by atoms with Crippen molar-refractivity contribution in [3.05, 3.63) is 47.8 Å². The zero-order valence-corrected chi connectivity index (χ0v) is 28.5. The molecule has 7 rings (SSSR count). The van der Waals surface area contributed by atoms with Crippen molar-refractivity contribution in [1.29, 1.82) is 0 Å². The minimum absolute atomic E-state index is 0.0458. The van der Waals surface area contributed by atoms with Gasteiger partial charge in [-0.1, -0.05) is 6.92 Å². The summed E-state index contributed by atoms with van der Waals surface area (Å²) in [6.45, 7) is 10.3. The molecule has 3 aromatic rings. The van der Waals surface area contributed by atoms with Crippen LogP contribution in [0.15, 0.2) is 36.5 Å². The van der Waals surface area contributed by atoms with Gasteiger partial charge in [-0.25, -0.2) is 9.97 Å². The van der Waals surface area contributed by atoms with Crippen LogP contribution in [0.3, 0.4) is 0 Å². The lowest BCUT2D eigenvalue weighted by atomic mass is 9.92. The van der Waals surface area contributed by atoms with Crippen molar-refractivity contribution >= 4 is 28.9 Å². The van der Waals surface area contributed by atoms with Crippen LogP contribution in [0.25, 0.3) is 11.4 Å². The Morgan fingerprint density at radius 3 is 2.54 bits per heavy atom. The Labute approximate surface area is 283 Å². The molecule has 1 aromatic carbocycles. The molecule has 3 saturated heterocycles. The maximum absolute atomic E-state index is 12.9. The van der Waals surface area contributed by atoms with Gasteiger partial charge in [0.1, 0.15) is 17.1 Å². The van der Waals surface area contributed by atoms with Gasteiger partial charge >= 0.3 is 0 Å². The first-order valence-electron chi connectivity index (χ1n) is 17.5. The number of anilines is 4. The third-order valence-electron chi connectivity index (χ3n) is 10.8. The maximum Gasteiger partial charge on any atom is 0.271 e. The summed E-state index contributed by atoms with van der Waals surface area (Å²) in [7, 11) is 3.81. The zero-order valence-electron chi connectivity index (χ0n) is 28.5. The molecule has 0 bridgehead atoms. The third kappa shape index (κ3) is 6.65. The monoisotopic (exact) mass is 655 g/mol. The van der Waals surface area contributed by atoms with Gasteiger partial charge in [-0.3, -0.25) is 14.7 Å². The van der Waals surface area contributed by atoms with E-state index in [-0.39, 0.29) is 17.2 Å². The summed E-state index contributed by atoms with van der Waals surface area (Å²) < 4.78 is 11.5. The number of likely N-dealkylation sites (N-methyl/N-ethyl adjacent to an activating group) is 1. The summed E-state index contributed by atoms with van der Waals surface area (Å²) in [5, 5.41) is 7.11. The number of amides is 1. The number of nitrogens with zero attached hydrogens (tertiary/aromatic N) is 6. The Balaban J connectivity index is 1.16. The van der Waals surface area contributed by atoms with Gasteiger partial charge in [0.25, 0.3) is 5.91 Å². The number of pyridine rings is 1. The molecule has 3 aliphatic heterocycles. The fourth-order valence-electron chi connectivity index (χ4n) is 7.67. The van der Waals surface area contributed by atoms with Gasteiger partial charge in [0.05, 0.1) is 13.7 Å². The van der Waals surface area contributed by atoms with Crippen molar-refractivity contribution in [2.45, 2.75) is 57.5 Å². The first-order chi connectivity index (χ1) is 23.4. The quantitative estimate of drug-likeness (QED) is 0.291. The van der Waals surface area contributed by atoms with Crippen LogP contribution in [0.5, 0.6) is 5.75 Å². The van der Waals surface area contributed by atoms with Gasteiger partial charge in [-0.05, 0) is 81.5 Å². The first kappa shape index (κ1) is 32.5. The molecule has 1 spiro atoms. The molecule has 48 heavy (non-hydrogen) atoms. The number of piperazine rings is 1. The number of carbonyl (C=O) groups excluding carboxylic acids is 1. The molecular weight excluding hydrogens is 606 g/mol. The van der Waals surface area contributed by atoms with E-state index in [1.165, 1.54) is 37.2 Å². The van der Waals surface area contributed by atoms with Crippen LogP contribution in [0, 0.1) is 5.41 Å². The number of rotatable bonds is 10. The Morgan fingerprint density at radius 2 is 1.83 bits per heavy atom. The highest BCUT2D eigenvalue weighted by Gasteiger charge is 2.51. The topological polar surface area (TPSA) is 134 Å². The van der Waals surface area contributed by atoms with Crippen LogP contribution in [-0.2, 0) is 11.2 Å². The van der Waals surface area contributed by atoms with Gasteiger partial charge in [-0.2, -0.15) is 0 Å². The van der Waals surface area contributed by atoms with Gasteiger partial charge in [0.15, 0.2) is 17.3 Å². The number of nitrogens with two attached hydrogens (primary N) is 1. The highest BCUT2D eigenvalue weighted by molar-refractivity contribution is 5.97. The number of methoxy groups -OCH3 is 1. The Kier molecular flexibility index (Phi) is 9.39. The van der Waals surface area contributed by atoms with Crippen molar-refractivity contribution in [2.24, 2.45) is 11.1 Å². The number of carbonyl (C=O) groups is 1. The molecule has 1 unspecified atom stereocenters. The molecule has 256 valence electrons. The van der Waals surface area contributed by atoms with E-state index in [2.05, 4.69) is 62.5 Å². The number of aryl methyl sites for hydroxylation is 1. The lowest BCUT2D eigenvalue weighted by molar-refractivity contribution is 0.0351. The first-order valence-corrected chi connectivity index (χ1v) is 17.5. The highest BCUT2D eigenvalue weighted by atomic mass is 16.5. The molecule has 0 radical (unpaired) electrons. The van der Waals surface area contributed by atoms with Crippen LogP contribution in [0.2, 0.25) is 0 Å². The van der Waals surface area contributed by atoms with Gasteiger partial charge in [0.2, 0.25) is 0 Å². The molecule has 2 aromatic heterocycles. The summed E-state index contributed by atoms with van der Waals surface area (Å²) in [5.41, 5.74) is 10.4. The number of ether oxygens (including phenoxy) is 2. The Morgan fingerprint density at radius 1 is 1.04 bits per heavy atom. The number of primary amides is 1. The van der Waals surface area contributed by atoms with E-state index < -0.39 is 5.91 Å². The van der Waals surface area contributed by atoms with E-state index in [0.717, 1.165) is 64.2 Å². The van der Waals surface area contributed by atoms with E-state index in [1.54, 1.807) is 19.4 Å². The lowest BCUT2D eigenvalue weighted by Crippen LogP contribution is -2.52. The van der Waals surface area contributed by atoms with Crippen LogP contribution >= 0.6 is 0 Å². The summed E-state index contributed by atoms with van der Waals surface area (Å²) in [6, 6.07) is 10.9. The molecule has 1 saturated carbocycles. The van der Waals surface area contributed by atoms with E-state index >= 15 is 0 Å². The molecular formula is C36H49N9O3. The number of aromatic nitrogens is 3. The molecule has 4 aliphatic rings. The normalized spacial score (nSPS) is 21.6. The maximum atomic E-state index is 12.9. The molecule has 1 amide bonds. The Bertz CT molecular complexity index is 1610. The summed E-state index contributed by atoms with van der Waals surface area (Å²) in [5.74, 6) is 0.708. The van der Waals surface area contributed by atoms with Crippen LogP contribution in [0.4, 0.5) is 23.0 Å². The third-order valence-corrected chi connectivity index (χ3v) is 10.8. The predicted molar refractivity (Wildman–Crippen MR) is 188 cm³/mol. The number of hydrogen-bond acceptors (Lipinski definition) is 11. The molecule has 4 fully saturated rings. The highest BCUT2D eigenvalue weighted by Crippen LogP contribution is 2.53. The molecule has 1 atom stereocenters. The number of nitrogens with one attached hydrogen (secondary N) is 2. The molecule has 5 heterocycles. The summed E-state index contributed by atoms with van der Waals surface area (Å²) >= 11 is 0. The minimum Gasteiger partial charge on any atom is -0.494 e. The summed E-state index contributed by atoms with van der Waals surface area (Å²) in [4.78, 5) is 34.9. The fraction of sp³-hybridized carbons (Fsp3) is 0.556. The molecule has 1 aliphatic carbocycles. The minimum atomic E-state index is -0.673. The van der Waals surface area contributed by atoms with E-state index in [9.17, 15) is 4.79 Å². The van der Waals surface area contributed by atoms with Crippen molar-refractivity contribution in [1.82, 2.24) is 24.8 Å². The average Bonchev–Trinajstić information content (AvgIpc) is 3.89. The SMILES string of the molecule is CCc1cc(Nc2nc(NC3CCOCC34CC4)c(-c3ncccc3OC)nc2C(N)=O)ccc1N1CCC(N2CCN(C)CC2)CC1. The second kappa shape index (κ2) is 13.9. The molecule has 12 heteroatoms. The standard InChI is InChI=1S/C36H49N9O3/c1-4-24-22-25(7-8-27(24)45-15-9-26(10-16-45)44-19-17-43(2)18-20-44)39-35-32(33(37)46)41-31(30-28(47-3)6-5-14-38-30)34(42-35)40-29-11-21-48-23-36(29)12-13-36/h5-8,14,22,26,29H,4,9-13,15-21,23H2,1-3H3,(H2,37,46)(H2,39,40,42). The molecule has 4 N–H and O–H groups in total. The van der Waals surface area contributed by atoms with Crippen LogP contribution in [0.1, 0.15) is 55.1 Å². The second-order valence-corrected chi connectivity index (χ2v) is 13.8. The van der Waals surface area contributed by atoms with Crippen LogP contribution in [-0.4, -0.2) is 109 Å².